The number of hydrogen-bond acceptors (Lipinski definition) is 2. The minimum atomic E-state index is -1.48. The van der Waals surface area contributed by atoms with E-state index in [1.54, 1.807) is 0 Å². The molecular formula is C16H25F2NOS. The Morgan fingerprint density at radius 3 is 2.43 bits per heavy atom. The number of rotatable bonds is 9. The van der Waals surface area contributed by atoms with Crippen molar-refractivity contribution in [3.8, 4) is 0 Å². The van der Waals surface area contributed by atoms with Crippen molar-refractivity contribution in [2.45, 2.75) is 62.6 Å². The lowest BCUT2D eigenvalue weighted by atomic mass is 10.1. The van der Waals surface area contributed by atoms with Gasteiger partial charge in [0.1, 0.15) is 11.6 Å². The zero-order valence-electron chi connectivity index (χ0n) is 13.0. The molecule has 3 atom stereocenters. The molecule has 0 saturated heterocycles. The van der Waals surface area contributed by atoms with Gasteiger partial charge >= 0.3 is 0 Å². The first-order valence-electron chi connectivity index (χ1n) is 7.64. The first-order chi connectivity index (χ1) is 10.0. The lowest BCUT2D eigenvalue weighted by Gasteiger charge is -2.26. The fraction of sp³-hybridized carbons (Fsp3) is 0.625. The average Bonchev–Trinajstić information content (AvgIpc) is 2.45. The molecule has 21 heavy (non-hydrogen) atoms. The summed E-state index contributed by atoms with van der Waals surface area (Å²) in [5.41, 5.74) is 0. The molecule has 3 unspecified atom stereocenters. The second-order valence-electron chi connectivity index (χ2n) is 5.17. The monoisotopic (exact) mass is 317 g/mol. The average molecular weight is 317 g/mol. The van der Waals surface area contributed by atoms with Crippen LogP contribution in [0.4, 0.5) is 8.78 Å². The second-order valence-corrected chi connectivity index (χ2v) is 6.81. The van der Waals surface area contributed by atoms with Crippen LogP contribution in [0.5, 0.6) is 0 Å². The van der Waals surface area contributed by atoms with Crippen LogP contribution in [0.1, 0.15) is 46.5 Å². The van der Waals surface area contributed by atoms with Crippen LogP contribution in [0.25, 0.3) is 0 Å². The quantitative estimate of drug-likeness (QED) is 0.745. The predicted octanol–water partition coefficient (Wildman–Crippen LogP) is 4.02. The topological polar surface area (TPSA) is 29.1 Å². The summed E-state index contributed by atoms with van der Waals surface area (Å²) < 4.78 is 39.5. The van der Waals surface area contributed by atoms with Gasteiger partial charge in [0.25, 0.3) is 0 Å². The van der Waals surface area contributed by atoms with Crippen molar-refractivity contribution in [2.24, 2.45) is 0 Å². The third kappa shape index (κ3) is 5.15. The van der Waals surface area contributed by atoms with Gasteiger partial charge in [-0.1, -0.05) is 27.2 Å². The van der Waals surface area contributed by atoms with Crippen LogP contribution in [-0.2, 0) is 10.8 Å². The maximum atomic E-state index is 13.8. The Kier molecular flexibility index (Phi) is 8.04. The van der Waals surface area contributed by atoms with E-state index in [1.165, 1.54) is 6.07 Å². The normalized spacial score (nSPS) is 15.7. The van der Waals surface area contributed by atoms with Crippen LogP contribution in [0.15, 0.2) is 23.1 Å². The van der Waals surface area contributed by atoms with Gasteiger partial charge in [0.05, 0.1) is 20.9 Å². The largest absolute Gasteiger partial charge is 0.313 e. The van der Waals surface area contributed by atoms with E-state index in [9.17, 15) is 13.0 Å². The van der Waals surface area contributed by atoms with Crippen LogP contribution in [0, 0.1) is 11.6 Å². The van der Waals surface area contributed by atoms with Gasteiger partial charge in [-0.05, 0) is 37.9 Å². The van der Waals surface area contributed by atoms with Gasteiger partial charge in [-0.15, -0.1) is 0 Å². The van der Waals surface area contributed by atoms with Crippen LogP contribution < -0.4 is 5.32 Å². The Bertz CT molecular complexity index is 468. The fourth-order valence-electron chi connectivity index (χ4n) is 2.45. The molecule has 0 bridgehead atoms. The summed E-state index contributed by atoms with van der Waals surface area (Å²) in [6, 6.07) is 3.35. The molecule has 1 aromatic carbocycles. The third-order valence-corrected chi connectivity index (χ3v) is 5.47. The molecule has 0 radical (unpaired) electrons. The number of nitrogens with one attached hydrogen (secondary N) is 1. The van der Waals surface area contributed by atoms with Crippen LogP contribution in [-0.4, -0.2) is 22.0 Å². The molecule has 0 saturated carbocycles. The first kappa shape index (κ1) is 18.2. The Balaban J connectivity index is 2.97. The molecule has 5 heteroatoms. The Morgan fingerprint density at radius 1 is 1.19 bits per heavy atom. The molecule has 0 fully saturated rings. The van der Waals surface area contributed by atoms with Crippen molar-refractivity contribution in [3.05, 3.63) is 29.8 Å². The second kappa shape index (κ2) is 9.26. The molecule has 1 aromatic rings. The van der Waals surface area contributed by atoms with Crippen LogP contribution in [0.2, 0.25) is 0 Å². The molecule has 0 spiro atoms. The van der Waals surface area contributed by atoms with E-state index in [-0.39, 0.29) is 16.2 Å². The van der Waals surface area contributed by atoms with Crippen molar-refractivity contribution >= 4 is 10.8 Å². The van der Waals surface area contributed by atoms with E-state index >= 15 is 0 Å². The maximum Gasteiger partial charge on any atom is 0.142 e. The van der Waals surface area contributed by atoms with Crippen molar-refractivity contribution in [3.63, 3.8) is 0 Å². The van der Waals surface area contributed by atoms with Gasteiger partial charge in [0.2, 0.25) is 0 Å². The molecule has 0 aliphatic heterocycles. The minimum absolute atomic E-state index is 0.0882. The highest BCUT2D eigenvalue weighted by atomic mass is 32.2. The van der Waals surface area contributed by atoms with Crippen molar-refractivity contribution in [1.82, 2.24) is 5.32 Å². The van der Waals surface area contributed by atoms with Crippen molar-refractivity contribution in [1.29, 1.82) is 0 Å². The maximum absolute atomic E-state index is 13.8. The van der Waals surface area contributed by atoms with Gasteiger partial charge in [0.15, 0.2) is 0 Å². The van der Waals surface area contributed by atoms with E-state index in [0.29, 0.717) is 6.42 Å². The van der Waals surface area contributed by atoms with Gasteiger partial charge in [-0.3, -0.25) is 4.21 Å². The molecular weight excluding hydrogens is 292 g/mol. The summed E-state index contributed by atoms with van der Waals surface area (Å²) >= 11 is 0. The van der Waals surface area contributed by atoms with Crippen LogP contribution >= 0.6 is 0 Å². The summed E-state index contributed by atoms with van der Waals surface area (Å²) in [5.74, 6) is -1.37. The zero-order valence-corrected chi connectivity index (χ0v) is 13.8. The smallest absolute Gasteiger partial charge is 0.142 e. The molecule has 0 aliphatic rings. The minimum Gasteiger partial charge on any atom is -0.313 e. The van der Waals surface area contributed by atoms with E-state index in [1.807, 2.05) is 6.92 Å². The van der Waals surface area contributed by atoms with E-state index < -0.39 is 22.4 Å². The van der Waals surface area contributed by atoms with Gasteiger partial charge in [0, 0.05) is 12.1 Å². The standard InChI is InChI=1S/C16H25F2NOS/c1-4-7-14(19-10-5-2)15(6-3)21(20)16-9-8-12(17)11-13(16)18/h8-9,11,14-15,19H,4-7,10H2,1-3H3. The van der Waals surface area contributed by atoms with Crippen LogP contribution in [0.3, 0.4) is 0 Å². The third-order valence-electron chi connectivity index (χ3n) is 3.49. The SMILES string of the molecule is CCCNC(CCC)C(CC)S(=O)c1ccc(F)cc1F. The Morgan fingerprint density at radius 2 is 1.90 bits per heavy atom. The fourth-order valence-corrected chi connectivity index (χ4v) is 4.06. The Labute approximate surface area is 128 Å². The highest BCUT2D eigenvalue weighted by Gasteiger charge is 2.27. The van der Waals surface area contributed by atoms with Crippen molar-refractivity contribution < 1.29 is 13.0 Å². The molecule has 120 valence electrons. The summed E-state index contributed by atoms with van der Waals surface area (Å²) in [4.78, 5) is 0.0997. The number of hydrogen-bond donors (Lipinski definition) is 1. The first-order valence-corrected chi connectivity index (χ1v) is 8.85. The van der Waals surface area contributed by atoms with Crippen molar-refractivity contribution in [2.75, 3.05) is 6.54 Å². The van der Waals surface area contributed by atoms with E-state index in [2.05, 4.69) is 19.2 Å². The lowest BCUT2D eigenvalue weighted by molar-refractivity contribution is 0.446. The van der Waals surface area contributed by atoms with E-state index in [0.717, 1.165) is 37.9 Å². The van der Waals surface area contributed by atoms with Gasteiger partial charge in [-0.25, -0.2) is 8.78 Å². The predicted molar refractivity (Wildman–Crippen MR) is 83.8 cm³/mol. The molecule has 1 N–H and O–H groups in total. The number of benzene rings is 1. The zero-order chi connectivity index (χ0) is 15.8. The summed E-state index contributed by atoms with van der Waals surface area (Å²) in [6.07, 6.45) is 3.55. The molecule has 1 rings (SSSR count). The number of halogens is 2. The lowest BCUT2D eigenvalue weighted by Crippen LogP contribution is -2.42. The molecule has 0 aliphatic carbocycles. The summed E-state index contributed by atoms with van der Waals surface area (Å²) in [7, 11) is -1.48. The molecule has 0 heterocycles. The summed E-state index contributed by atoms with van der Waals surface area (Å²) in [6.45, 7) is 6.97. The molecule has 0 amide bonds. The highest BCUT2D eigenvalue weighted by molar-refractivity contribution is 7.85. The van der Waals surface area contributed by atoms with Gasteiger partial charge in [-0.2, -0.15) is 0 Å². The van der Waals surface area contributed by atoms with Gasteiger partial charge < -0.3 is 5.32 Å². The Hall–Kier alpha value is -0.810. The van der Waals surface area contributed by atoms with E-state index in [4.69, 9.17) is 0 Å². The highest BCUT2D eigenvalue weighted by Crippen LogP contribution is 2.22. The summed E-state index contributed by atoms with van der Waals surface area (Å²) in [5, 5.41) is 3.24. The molecule has 0 aromatic heterocycles. The molecule has 2 nitrogen and oxygen atoms in total.